The highest BCUT2D eigenvalue weighted by Crippen LogP contribution is 2.46. The van der Waals surface area contributed by atoms with Gasteiger partial charge in [0.2, 0.25) is 0 Å². The van der Waals surface area contributed by atoms with Gasteiger partial charge in [0.15, 0.2) is 0 Å². The molecule has 1 aliphatic rings. The maximum atomic E-state index is 13.3. The van der Waals surface area contributed by atoms with Crippen LogP contribution in [-0.4, -0.2) is 17.5 Å². The number of hydrogen-bond donors (Lipinski definition) is 2. The number of rotatable bonds is 5. The lowest BCUT2D eigenvalue weighted by atomic mass is 9.98. The molecule has 4 nitrogen and oxygen atoms in total. The first kappa shape index (κ1) is 24.5. The fourth-order valence-corrected chi connectivity index (χ4v) is 4.98. The van der Waals surface area contributed by atoms with Crippen LogP contribution in [0.1, 0.15) is 55.2 Å². The third-order valence-electron chi connectivity index (χ3n) is 5.70. The Labute approximate surface area is 194 Å². The Kier molecular flexibility index (Phi) is 7.27. The van der Waals surface area contributed by atoms with Gasteiger partial charge >= 0.3 is 6.18 Å². The van der Waals surface area contributed by atoms with Gasteiger partial charge in [-0.3, -0.25) is 9.59 Å². The van der Waals surface area contributed by atoms with E-state index in [4.69, 9.17) is 9.90 Å². The van der Waals surface area contributed by atoms with Gasteiger partial charge in [-0.15, -0.1) is 11.3 Å². The zero-order chi connectivity index (χ0) is 24.2. The summed E-state index contributed by atoms with van der Waals surface area (Å²) in [5.41, 5.74) is 2.42. The van der Waals surface area contributed by atoms with Gasteiger partial charge in [-0.1, -0.05) is 42.5 Å². The molecule has 1 amide bonds. The third kappa shape index (κ3) is 5.63. The molecule has 2 N–H and O–H groups in total. The molecule has 1 aliphatic carbocycles. The fraction of sp³-hybridized carbons (Fsp3) is 0.280. The summed E-state index contributed by atoms with van der Waals surface area (Å²) in [5, 5.41) is 10.1. The number of thiophene rings is 1. The fourth-order valence-electron chi connectivity index (χ4n) is 3.90. The monoisotopic (exact) mass is 475 g/mol. The van der Waals surface area contributed by atoms with Gasteiger partial charge in [-0.25, -0.2) is 0 Å². The summed E-state index contributed by atoms with van der Waals surface area (Å²) >= 11 is 1.55. The predicted molar refractivity (Wildman–Crippen MR) is 122 cm³/mol. The van der Waals surface area contributed by atoms with E-state index in [1.807, 2.05) is 44.2 Å². The van der Waals surface area contributed by atoms with Crippen molar-refractivity contribution in [1.29, 1.82) is 0 Å². The molecule has 0 radical (unpaired) electrons. The minimum absolute atomic E-state index is 0.111. The molecule has 174 valence electrons. The Bertz CT molecular complexity index is 1120. The van der Waals surface area contributed by atoms with Crippen LogP contribution in [0, 0.1) is 13.8 Å². The predicted octanol–water partition coefficient (Wildman–Crippen LogP) is 6.09. The van der Waals surface area contributed by atoms with E-state index in [9.17, 15) is 18.0 Å². The normalized spacial score (nSPS) is 14.1. The summed E-state index contributed by atoms with van der Waals surface area (Å²) in [4.78, 5) is 23.6. The standard InChI is InChI=1S/C24H22F3NOS.CH2O2/c1-15-20(14-17-8-10-19(11-9-17)24(25,26)27)21(16(2)30-15)22(29)28-23(12-13-23)18-6-4-3-5-7-18;2-1-3/h3-11H,12-14H2,1-2H3,(H,28,29);1H,(H,2,3). The Morgan fingerprint density at radius 1 is 1.06 bits per heavy atom. The van der Waals surface area contributed by atoms with Crippen LogP contribution in [0.4, 0.5) is 13.2 Å². The van der Waals surface area contributed by atoms with Gasteiger partial charge in [0, 0.05) is 9.75 Å². The van der Waals surface area contributed by atoms with E-state index in [1.165, 1.54) is 12.1 Å². The maximum absolute atomic E-state index is 13.3. The molecule has 0 aliphatic heterocycles. The highest BCUT2D eigenvalue weighted by molar-refractivity contribution is 7.12. The molecule has 1 fully saturated rings. The second-order valence-electron chi connectivity index (χ2n) is 7.95. The van der Waals surface area contributed by atoms with E-state index in [2.05, 4.69) is 5.32 Å². The van der Waals surface area contributed by atoms with Crippen LogP contribution < -0.4 is 5.32 Å². The van der Waals surface area contributed by atoms with Gasteiger partial charge < -0.3 is 10.4 Å². The number of carboxylic acid groups (broad SMARTS) is 1. The number of carbonyl (C=O) groups excluding carboxylic acids is 1. The molecule has 0 bridgehead atoms. The van der Waals surface area contributed by atoms with Crippen LogP contribution in [0.3, 0.4) is 0 Å². The number of carbonyl (C=O) groups is 2. The van der Waals surface area contributed by atoms with E-state index in [1.54, 1.807) is 11.3 Å². The SMILES string of the molecule is Cc1sc(C)c(C(=O)NC2(c3ccccc3)CC2)c1Cc1ccc(C(F)(F)F)cc1.O=CO. The quantitative estimate of drug-likeness (QED) is 0.439. The van der Waals surface area contributed by atoms with Crippen molar-refractivity contribution < 1.29 is 27.9 Å². The molecule has 0 spiro atoms. The molecule has 3 aromatic rings. The van der Waals surface area contributed by atoms with Crippen molar-refractivity contribution >= 4 is 23.7 Å². The smallest absolute Gasteiger partial charge is 0.416 e. The molecule has 33 heavy (non-hydrogen) atoms. The first-order valence-electron chi connectivity index (χ1n) is 10.3. The van der Waals surface area contributed by atoms with Gasteiger partial charge in [-0.05, 0) is 61.9 Å². The van der Waals surface area contributed by atoms with Gasteiger partial charge in [0.1, 0.15) is 0 Å². The maximum Gasteiger partial charge on any atom is 0.416 e. The number of benzene rings is 2. The van der Waals surface area contributed by atoms with Crippen LogP contribution in [0.5, 0.6) is 0 Å². The molecule has 4 rings (SSSR count). The molecular weight excluding hydrogens is 451 g/mol. The lowest BCUT2D eigenvalue weighted by Gasteiger charge is -2.19. The molecule has 0 unspecified atom stereocenters. The highest BCUT2D eigenvalue weighted by Gasteiger charge is 2.46. The number of nitrogens with one attached hydrogen (secondary N) is 1. The van der Waals surface area contributed by atoms with E-state index >= 15 is 0 Å². The van der Waals surface area contributed by atoms with Crippen molar-refractivity contribution in [2.45, 2.75) is 44.8 Å². The van der Waals surface area contributed by atoms with Crippen molar-refractivity contribution in [1.82, 2.24) is 5.32 Å². The Balaban J connectivity index is 0.000000968. The molecule has 2 aromatic carbocycles. The average Bonchev–Trinajstić information content (AvgIpc) is 3.48. The molecule has 8 heteroatoms. The summed E-state index contributed by atoms with van der Waals surface area (Å²) < 4.78 is 38.5. The molecular formula is C25H24F3NO3S. The van der Waals surface area contributed by atoms with E-state index in [0.29, 0.717) is 12.0 Å². The van der Waals surface area contributed by atoms with Crippen LogP contribution in [-0.2, 0) is 22.9 Å². The first-order chi connectivity index (χ1) is 15.6. The lowest BCUT2D eigenvalue weighted by Crippen LogP contribution is -2.35. The second-order valence-corrected chi connectivity index (χ2v) is 9.38. The van der Waals surface area contributed by atoms with Gasteiger partial charge in [0.25, 0.3) is 12.4 Å². The van der Waals surface area contributed by atoms with E-state index in [-0.39, 0.29) is 17.9 Å². The minimum atomic E-state index is -4.35. The van der Waals surface area contributed by atoms with Crippen LogP contribution >= 0.6 is 11.3 Å². The Hall–Kier alpha value is -3.13. The molecule has 0 atom stereocenters. The van der Waals surface area contributed by atoms with Gasteiger partial charge in [-0.2, -0.15) is 13.2 Å². The summed E-state index contributed by atoms with van der Waals surface area (Å²) in [6.45, 7) is 3.63. The number of aryl methyl sites for hydroxylation is 2. The zero-order valence-corrected chi connectivity index (χ0v) is 19.0. The van der Waals surface area contributed by atoms with Crippen LogP contribution in [0.15, 0.2) is 54.6 Å². The van der Waals surface area contributed by atoms with Gasteiger partial charge in [0.05, 0.1) is 16.7 Å². The Morgan fingerprint density at radius 2 is 1.64 bits per heavy atom. The minimum Gasteiger partial charge on any atom is -0.483 e. The third-order valence-corrected chi connectivity index (χ3v) is 6.77. The number of amides is 1. The Morgan fingerprint density at radius 3 is 2.15 bits per heavy atom. The lowest BCUT2D eigenvalue weighted by molar-refractivity contribution is -0.137. The zero-order valence-electron chi connectivity index (χ0n) is 18.2. The molecule has 1 heterocycles. The van der Waals surface area contributed by atoms with Crippen molar-refractivity contribution in [3.05, 3.63) is 92.2 Å². The van der Waals surface area contributed by atoms with E-state index in [0.717, 1.165) is 51.4 Å². The van der Waals surface area contributed by atoms with Crippen molar-refractivity contribution in [3.63, 3.8) is 0 Å². The molecule has 1 saturated carbocycles. The molecule has 1 aromatic heterocycles. The second kappa shape index (κ2) is 9.79. The van der Waals surface area contributed by atoms with E-state index < -0.39 is 11.7 Å². The van der Waals surface area contributed by atoms with Crippen molar-refractivity contribution in [2.24, 2.45) is 0 Å². The average molecular weight is 476 g/mol. The molecule has 0 saturated heterocycles. The summed E-state index contributed by atoms with van der Waals surface area (Å²) in [6.07, 6.45) is -2.12. The number of alkyl halides is 3. The van der Waals surface area contributed by atoms with Crippen LogP contribution in [0.2, 0.25) is 0 Å². The van der Waals surface area contributed by atoms with Crippen molar-refractivity contribution in [3.8, 4) is 0 Å². The van der Waals surface area contributed by atoms with Crippen LogP contribution in [0.25, 0.3) is 0 Å². The summed E-state index contributed by atoms with van der Waals surface area (Å²) in [7, 11) is 0. The first-order valence-corrected chi connectivity index (χ1v) is 11.1. The number of halogens is 3. The summed E-state index contributed by atoms with van der Waals surface area (Å²) in [6, 6.07) is 15.1. The highest BCUT2D eigenvalue weighted by atomic mass is 32.1. The number of hydrogen-bond acceptors (Lipinski definition) is 3. The largest absolute Gasteiger partial charge is 0.483 e. The summed E-state index contributed by atoms with van der Waals surface area (Å²) in [5.74, 6) is -0.111. The van der Waals surface area contributed by atoms with Crippen molar-refractivity contribution in [2.75, 3.05) is 0 Å². The topological polar surface area (TPSA) is 66.4 Å².